The van der Waals surface area contributed by atoms with Crippen molar-refractivity contribution in [1.29, 1.82) is 0 Å². The first kappa shape index (κ1) is 15.6. The normalized spacial score (nSPS) is 12.0. The Bertz CT molecular complexity index is 631. The SMILES string of the molecule is COc1ccc(C(O)Cc2cccc(OC)c2F)cc1Cl. The molecule has 2 aromatic rings. The molecule has 0 spiro atoms. The van der Waals surface area contributed by atoms with E-state index in [1.54, 1.807) is 30.3 Å². The number of methoxy groups -OCH3 is 2. The quantitative estimate of drug-likeness (QED) is 0.913. The van der Waals surface area contributed by atoms with Crippen LogP contribution in [0.15, 0.2) is 36.4 Å². The monoisotopic (exact) mass is 310 g/mol. The zero-order chi connectivity index (χ0) is 15.4. The van der Waals surface area contributed by atoms with Crippen LogP contribution in [0.4, 0.5) is 4.39 Å². The number of ether oxygens (including phenoxy) is 2. The molecule has 1 atom stereocenters. The fraction of sp³-hybridized carbons (Fsp3) is 0.250. The summed E-state index contributed by atoms with van der Waals surface area (Å²) in [7, 11) is 2.92. The molecule has 1 unspecified atom stereocenters. The number of aliphatic hydroxyl groups excluding tert-OH is 1. The number of aliphatic hydroxyl groups is 1. The second-order valence-corrected chi connectivity index (χ2v) is 4.95. The minimum atomic E-state index is -0.866. The van der Waals surface area contributed by atoms with Gasteiger partial charge in [0, 0.05) is 6.42 Å². The Morgan fingerprint density at radius 1 is 1.14 bits per heavy atom. The maximum atomic E-state index is 14.1. The molecule has 0 bridgehead atoms. The lowest BCUT2D eigenvalue weighted by Crippen LogP contribution is -2.04. The highest BCUT2D eigenvalue weighted by Gasteiger charge is 2.15. The minimum absolute atomic E-state index is 0.131. The van der Waals surface area contributed by atoms with Crippen LogP contribution in [0, 0.1) is 5.82 Å². The van der Waals surface area contributed by atoms with Crippen molar-refractivity contribution in [3.05, 3.63) is 58.4 Å². The highest BCUT2D eigenvalue weighted by molar-refractivity contribution is 6.32. The van der Waals surface area contributed by atoms with Gasteiger partial charge < -0.3 is 14.6 Å². The topological polar surface area (TPSA) is 38.7 Å². The molecule has 0 aliphatic rings. The number of hydrogen-bond acceptors (Lipinski definition) is 3. The van der Waals surface area contributed by atoms with Crippen molar-refractivity contribution in [1.82, 2.24) is 0 Å². The van der Waals surface area contributed by atoms with Crippen LogP contribution in [0.3, 0.4) is 0 Å². The van der Waals surface area contributed by atoms with Gasteiger partial charge >= 0.3 is 0 Å². The molecule has 5 heteroatoms. The van der Waals surface area contributed by atoms with Crippen LogP contribution in [-0.2, 0) is 6.42 Å². The number of rotatable bonds is 5. The van der Waals surface area contributed by atoms with Crippen molar-refractivity contribution in [2.45, 2.75) is 12.5 Å². The van der Waals surface area contributed by atoms with Crippen molar-refractivity contribution < 1.29 is 19.0 Å². The highest BCUT2D eigenvalue weighted by Crippen LogP contribution is 2.30. The average Bonchev–Trinajstić information content (AvgIpc) is 2.49. The Labute approximate surface area is 127 Å². The smallest absolute Gasteiger partial charge is 0.168 e. The lowest BCUT2D eigenvalue weighted by molar-refractivity contribution is 0.176. The summed E-state index contributed by atoms with van der Waals surface area (Å²) in [5, 5.41) is 10.6. The highest BCUT2D eigenvalue weighted by atomic mass is 35.5. The van der Waals surface area contributed by atoms with Gasteiger partial charge in [-0.2, -0.15) is 0 Å². The van der Waals surface area contributed by atoms with Crippen LogP contribution in [0.25, 0.3) is 0 Å². The van der Waals surface area contributed by atoms with E-state index in [0.717, 1.165) is 0 Å². The van der Waals surface area contributed by atoms with E-state index in [1.807, 2.05) is 0 Å². The lowest BCUT2D eigenvalue weighted by Gasteiger charge is -2.14. The summed E-state index contributed by atoms with van der Waals surface area (Å²) in [6.45, 7) is 0. The summed E-state index contributed by atoms with van der Waals surface area (Å²) in [6.07, 6.45) is -0.735. The molecule has 3 nitrogen and oxygen atoms in total. The second-order valence-electron chi connectivity index (χ2n) is 4.55. The van der Waals surface area contributed by atoms with E-state index in [4.69, 9.17) is 21.1 Å². The van der Waals surface area contributed by atoms with E-state index in [0.29, 0.717) is 21.9 Å². The van der Waals surface area contributed by atoms with Crippen LogP contribution in [0.5, 0.6) is 11.5 Å². The Morgan fingerprint density at radius 3 is 2.48 bits per heavy atom. The van der Waals surface area contributed by atoms with E-state index in [-0.39, 0.29) is 12.2 Å². The van der Waals surface area contributed by atoms with Gasteiger partial charge in [0.15, 0.2) is 11.6 Å². The van der Waals surface area contributed by atoms with Crippen molar-refractivity contribution in [2.24, 2.45) is 0 Å². The third kappa shape index (κ3) is 3.46. The molecule has 0 saturated carbocycles. The molecular weight excluding hydrogens is 295 g/mol. The van der Waals surface area contributed by atoms with E-state index in [9.17, 15) is 9.50 Å². The number of hydrogen-bond donors (Lipinski definition) is 1. The standard InChI is InChI=1S/C16H16ClFO3/c1-20-14-7-6-10(8-12(14)17)13(19)9-11-4-3-5-15(21-2)16(11)18/h3-8,13,19H,9H2,1-2H3. The molecule has 0 heterocycles. The van der Waals surface area contributed by atoms with Gasteiger partial charge in [-0.1, -0.05) is 29.8 Å². The second kappa shape index (κ2) is 6.78. The first-order valence-electron chi connectivity index (χ1n) is 6.39. The Kier molecular flexibility index (Phi) is 5.04. The Morgan fingerprint density at radius 2 is 1.86 bits per heavy atom. The van der Waals surface area contributed by atoms with Crippen molar-refractivity contribution in [2.75, 3.05) is 14.2 Å². The zero-order valence-corrected chi connectivity index (χ0v) is 12.5. The van der Waals surface area contributed by atoms with Crippen molar-refractivity contribution >= 4 is 11.6 Å². The molecule has 0 fully saturated rings. The van der Waals surface area contributed by atoms with E-state index in [1.165, 1.54) is 20.3 Å². The van der Waals surface area contributed by atoms with Gasteiger partial charge in [-0.15, -0.1) is 0 Å². The summed E-state index contributed by atoms with van der Waals surface area (Å²) in [6, 6.07) is 9.83. The molecule has 0 aromatic heterocycles. The van der Waals surface area contributed by atoms with Crippen LogP contribution in [-0.4, -0.2) is 19.3 Å². The summed E-state index contributed by atoms with van der Waals surface area (Å²) in [5.41, 5.74) is 0.983. The summed E-state index contributed by atoms with van der Waals surface area (Å²) in [5.74, 6) is 0.228. The van der Waals surface area contributed by atoms with Gasteiger partial charge in [0.1, 0.15) is 5.75 Å². The summed E-state index contributed by atoms with van der Waals surface area (Å²) >= 11 is 6.03. The molecule has 1 N–H and O–H groups in total. The predicted octanol–water partition coefficient (Wildman–Crippen LogP) is 3.77. The Balaban J connectivity index is 2.22. The maximum absolute atomic E-state index is 14.1. The predicted molar refractivity (Wildman–Crippen MR) is 79.6 cm³/mol. The fourth-order valence-electron chi connectivity index (χ4n) is 2.09. The summed E-state index contributed by atoms with van der Waals surface area (Å²) < 4.78 is 24.1. The summed E-state index contributed by atoms with van der Waals surface area (Å²) in [4.78, 5) is 0. The van der Waals surface area contributed by atoms with Gasteiger partial charge in [-0.05, 0) is 29.3 Å². The largest absolute Gasteiger partial charge is 0.495 e. The molecule has 112 valence electrons. The Hall–Kier alpha value is -1.78. The third-order valence-corrected chi connectivity index (χ3v) is 3.53. The van der Waals surface area contributed by atoms with Gasteiger partial charge in [-0.3, -0.25) is 0 Å². The molecule has 2 rings (SSSR count). The molecular formula is C16H16ClFO3. The fourth-order valence-corrected chi connectivity index (χ4v) is 2.35. The zero-order valence-electron chi connectivity index (χ0n) is 11.8. The van der Waals surface area contributed by atoms with E-state index < -0.39 is 11.9 Å². The van der Waals surface area contributed by atoms with Gasteiger partial charge in [0.2, 0.25) is 0 Å². The molecule has 0 aliphatic heterocycles. The molecule has 0 saturated heterocycles. The maximum Gasteiger partial charge on any atom is 0.168 e. The molecule has 2 aromatic carbocycles. The van der Waals surface area contributed by atoms with Crippen LogP contribution >= 0.6 is 11.6 Å². The molecule has 0 aliphatic carbocycles. The third-order valence-electron chi connectivity index (χ3n) is 3.24. The van der Waals surface area contributed by atoms with Gasteiger partial charge in [0.05, 0.1) is 25.3 Å². The first-order valence-corrected chi connectivity index (χ1v) is 6.77. The lowest BCUT2D eigenvalue weighted by atomic mass is 10.0. The van der Waals surface area contributed by atoms with Gasteiger partial charge in [-0.25, -0.2) is 4.39 Å². The number of benzene rings is 2. The average molecular weight is 311 g/mol. The van der Waals surface area contributed by atoms with Crippen LogP contribution in [0.1, 0.15) is 17.2 Å². The van der Waals surface area contributed by atoms with E-state index in [2.05, 4.69) is 0 Å². The van der Waals surface area contributed by atoms with Crippen molar-refractivity contribution in [3.63, 3.8) is 0 Å². The molecule has 21 heavy (non-hydrogen) atoms. The van der Waals surface area contributed by atoms with Gasteiger partial charge in [0.25, 0.3) is 0 Å². The molecule has 0 radical (unpaired) electrons. The minimum Gasteiger partial charge on any atom is -0.495 e. The molecule has 0 amide bonds. The van der Waals surface area contributed by atoms with Crippen LogP contribution < -0.4 is 9.47 Å². The van der Waals surface area contributed by atoms with Crippen LogP contribution in [0.2, 0.25) is 5.02 Å². The number of halogens is 2. The van der Waals surface area contributed by atoms with Crippen molar-refractivity contribution in [3.8, 4) is 11.5 Å². The van der Waals surface area contributed by atoms with E-state index >= 15 is 0 Å². The first-order chi connectivity index (χ1) is 10.1.